The normalized spacial score (nSPS) is 10.3. The molecule has 8 nitrogen and oxygen atoms in total. The summed E-state index contributed by atoms with van der Waals surface area (Å²) in [6.45, 7) is 3.69. The van der Waals surface area contributed by atoms with Gasteiger partial charge in [-0.25, -0.2) is 0 Å². The first-order valence-corrected chi connectivity index (χ1v) is 5.53. The number of anilines is 1. The Morgan fingerprint density at radius 3 is 2.00 bits per heavy atom. The second-order valence-electron chi connectivity index (χ2n) is 4.40. The Bertz CT molecular complexity index is 495. The molecule has 0 heterocycles. The van der Waals surface area contributed by atoms with Crippen LogP contribution in [0.1, 0.15) is 20.3 Å². The van der Waals surface area contributed by atoms with Gasteiger partial charge in [0, 0.05) is 18.6 Å². The molecule has 19 heavy (non-hydrogen) atoms. The summed E-state index contributed by atoms with van der Waals surface area (Å²) in [5, 5.41) is 23.7. The maximum atomic E-state index is 11.5. The van der Waals surface area contributed by atoms with Gasteiger partial charge in [0.25, 0.3) is 11.4 Å². The Hall–Kier alpha value is -2.51. The minimum Gasteiger partial charge on any atom is -0.326 e. The molecular weight excluding hydrogens is 254 g/mol. The first kappa shape index (κ1) is 14.6. The largest absolute Gasteiger partial charge is 0.326 e. The highest BCUT2D eigenvalue weighted by atomic mass is 16.6. The summed E-state index contributed by atoms with van der Waals surface area (Å²) in [5.41, 5.74) is -0.824. The van der Waals surface area contributed by atoms with Crippen molar-refractivity contribution in [2.75, 3.05) is 5.32 Å². The second kappa shape index (κ2) is 5.89. The van der Waals surface area contributed by atoms with Crippen molar-refractivity contribution in [3.05, 3.63) is 38.4 Å². The van der Waals surface area contributed by atoms with Crippen molar-refractivity contribution >= 4 is 23.0 Å². The number of hydrogen-bond acceptors (Lipinski definition) is 5. The number of nitrogens with zero attached hydrogens (tertiary/aromatic N) is 2. The number of non-ortho nitro benzene ring substituents is 2. The highest BCUT2D eigenvalue weighted by Gasteiger charge is 2.17. The Morgan fingerprint density at radius 1 is 1.16 bits per heavy atom. The zero-order valence-corrected chi connectivity index (χ0v) is 10.5. The summed E-state index contributed by atoms with van der Waals surface area (Å²) in [5.74, 6) is -0.224. The van der Waals surface area contributed by atoms with Gasteiger partial charge in [0.15, 0.2) is 0 Å². The zero-order valence-electron chi connectivity index (χ0n) is 10.5. The van der Waals surface area contributed by atoms with Crippen LogP contribution in [0.15, 0.2) is 18.2 Å². The molecule has 0 spiro atoms. The Labute approximate surface area is 108 Å². The van der Waals surface area contributed by atoms with E-state index in [2.05, 4.69) is 5.32 Å². The molecule has 8 heteroatoms. The van der Waals surface area contributed by atoms with Gasteiger partial charge >= 0.3 is 0 Å². The van der Waals surface area contributed by atoms with Crippen LogP contribution < -0.4 is 5.32 Å². The summed E-state index contributed by atoms with van der Waals surface area (Å²) in [7, 11) is 0. The average molecular weight is 267 g/mol. The SMILES string of the molecule is CC(C)CC(=O)Nc1cc([N+](=O)[O-])cc([N+](=O)[O-])c1. The van der Waals surface area contributed by atoms with Crippen molar-refractivity contribution in [1.29, 1.82) is 0 Å². The monoisotopic (exact) mass is 267 g/mol. The van der Waals surface area contributed by atoms with E-state index in [0.29, 0.717) is 0 Å². The number of amides is 1. The number of carbonyl (C=O) groups is 1. The van der Waals surface area contributed by atoms with Crippen molar-refractivity contribution in [2.24, 2.45) is 5.92 Å². The lowest BCUT2D eigenvalue weighted by Gasteiger charge is -2.07. The molecule has 0 fully saturated rings. The molecule has 0 radical (unpaired) electrons. The van der Waals surface area contributed by atoms with Gasteiger partial charge in [0.05, 0.1) is 21.6 Å². The van der Waals surface area contributed by atoms with Crippen LogP contribution in [0, 0.1) is 26.1 Å². The molecule has 102 valence electrons. The lowest BCUT2D eigenvalue weighted by molar-refractivity contribution is -0.394. The Morgan fingerprint density at radius 2 is 1.63 bits per heavy atom. The van der Waals surface area contributed by atoms with Crippen LogP contribution in [0.2, 0.25) is 0 Å². The molecule has 0 aliphatic rings. The highest BCUT2D eigenvalue weighted by molar-refractivity contribution is 5.91. The quantitative estimate of drug-likeness (QED) is 0.649. The van der Waals surface area contributed by atoms with Crippen LogP contribution in [-0.4, -0.2) is 15.8 Å². The standard InChI is InChI=1S/C11H13N3O5/c1-7(2)3-11(15)12-8-4-9(13(16)17)6-10(5-8)14(18)19/h4-7H,3H2,1-2H3,(H,12,15). The molecule has 0 saturated carbocycles. The van der Waals surface area contributed by atoms with Gasteiger partial charge in [-0.1, -0.05) is 13.8 Å². The topological polar surface area (TPSA) is 115 Å². The molecule has 0 atom stereocenters. The fraction of sp³-hybridized carbons (Fsp3) is 0.364. The van der Waals surface area contributed by atoms with Crippen LogP contribution >= 0.6 is 0 Å². The average Bonchev–Trinajstić information content (AvgIpc) is 2.26. The number of nitro groups is 2. The molecule has 0 unspecified atom stereocenters. The van der Waals surface area contributed by atoms with Gasteiger partial charge in [-0.15, -0.1) is 0 Å². The van der Waals surface area contributed by atoms with Crippen molar-refractivity contribution in [2.45, 2.75) is 20.3 Å². The Kier molecular flexibility index (Phi) is 4.51. The molecule has 1 aromatic carbocycles. The van der Waals surface area contributed by atoms with Crippen LogP contribution in [-0.2, 0) is 4.79 Å². The number of nitro benzene ring substituents is 2. The molecule has 0 aliphatic carbocycles. The van der Waals surface area contributed by atoms with E-state index in [1.807, 2.05) is 13.8 Å². The van der Waals surface area contributed by atoms with Crippen molar-refractivity contribution in [1.82, 2.24) is 0 Å². The highest BCUT2D eigenvalue weighted by Crippen LogP contribution is 2.26. The zero-order chi connectivity index (χ0) is 14.6. The molecule has 1 aromatic rings. The van der Waals surface area contributed by atoms with Crippen LogP contribution in [0.4, 0.5) is 17.1 Å². The van der Waals surface area contributed by atoms with Crippen molar-refractivity contribution in [3.8, 4) is 0 Å². The third-order valence-corrected chi connectivity index (χ3v) is 2.20. The predicted molar refractivity (Wildman–Crippen MR) is 67.8 cm³/mol. The predicted octanol–water partition coefficient (Wildman–Crippen LogP) is 2.49. The lowest BCUT2D eigenvalue weighted by atomic mass is 10.1. The van der Waals surface area contributed by atoms with Crippen LogP contribution in [0.3, 0.4) is 0 Å². The third kappa shape index (κ3) is 4.34. The number of carbonyl (C=O) groups excluding carboxylic acids is 1. The van der Waals surface area contributed by atoms with Crippen LogP contribution in [0.5, 0.6) is 0 Å². The van der Waals surface area contributed by atoms with E-state index in [4.69, 9.17) is 0 Å². The molecule has 1 N–H and O–H groups in total. The van der Waals surface area contributed by atoms with Gasteiger partial charge < -0.3 is 5.32 Å². The summed E-state index contributed by atoms with van der Waals surface area (Å²) in [6, 6.07) is 3.02. The van der Waals surface area contributed by atoms with Gasteiger partial charge in [-0.2, -0.15) is 0 Å². The summed E-state index contributed by atoms with van der Waals surface area (Å²) < 4.78 is 0. The summed E-state index contributed by atoms with van der Waals surface area (Å²) >= 11 is 0. The fourth-order valence-electron chi connectivity index (χ4n) is 1.46. The van der Waals surface area contributed by atoms with Gasteiger partial charge in [-0.05, 0) is 5.92 Å². The molecule has 1 amide bonds. The minimum atomic E-state index is -0.745. The minimum absolute atomic E-state index is 0.0477. The summed E-state index contributed by atoms with van der Waals surface area (Å²) in [6.07, 6.45) is 0.233. The molecule has 1 rings (SSSR count). The van der Waals surface area contributed by atoms with E-state index in [1.54, 1.807) is 0 Å². The lowest BCUT2D eigenvalue weighted by Crippen LogP contribution is -2.14. The van der Waals surface area contributed by atoms with Crippen LogP contribution in [0.25, 0.3) is 0 Å². The Balaban J connectivity index is 3.03. The van der Waals surface area contributed by atoms with E-state index in [-0.39, 0.29) is 23.9 Å². The fourth-order valence-corrected chi connectivity index (χ4v) is 1.46. The van der Waals surface area contributed by atoms with Gasteiger partial charge in [0.2, 0.25) is 5.91 Å². The number of benzene rings is 1. The maximum absolute atomic E-state index is 11.5. The first-order chi connectivity index (χ1) is 8.79. The van der Waals surface area contributed by atoms with Gasteiger partial charge in [0.1, 0.15) is 0 Å². The molecular formula is C11H13N3O5. The van der Waals surface area contributed by atoms with Gasteiger partial charge in [-0.3, -0.25) is 25.0 Å². The molecule has 0 saturated heterocycles. The number of nitrogens with one attached hydrogen (secondary N) is 1. The molecule has 0 aromatic heterocycles. The summed E-state index contributed by atoms with van der Waals surface area (Å²) in [4.78, 5) is 31.4. The van der Waals surface area contributed by atoms with Crippen molar-refractivity contribution < 1.29 is 14.6 Å². The van der Waals surface area contributed by atoms with E-state index in [0.717, 1.165) is 18.2 Å². The van der Waals surface area contributed by atoms with E-state index >= 15 is 0 Å². The van der Waals surface area contributed by atoms with E-state index < -0.39 is 21.2 Å². The van der Waals surface area contributed by atoms with E-state index in [9.17, 15) is 25.0 Å². The number of rotatable bonds is 5. The van der Waals surface area contributed by atoms with E-state index in [1.165, 1.54) is 0 Å². The maximum Gasteiger partial charge on any atom is 0.278 e. The van der Waals surface area contributed by atoms with Crippen molar-refractivity contribution in [3.63, 3.8) is 0 Å². The number of hydrogen-bond donors (Lipinski definition) is 1. The second-order valence-corrected chi connectivity index (χ2v) is 4.40. The molecule has 0 aliphatic heterocycles. The molecule has 0 bridgehead atoms. The smallest absolute Gasteiger partial charge is 0.278 e. The third-order valence-electron chi connectivity index (χ3n) is 2.20. The first-order valence-electron chi connectivity index (χ1n) is 5.53.